The summed E-state index contributed by atoms with van der Waals surface area (Å²) in [6.45, 7) is 7.24. The van der Waals surface area contributed by atoms with Gasteiger partial charge in [0.05, 0.1) is 11.8 Å². The Hall–Kier alpha value is -1.34. The highest BCUT2D eigenvalue weighted by atomic mass is 32.1. The number of hydrogen-bond acceptors (Lipinski definition) is 5. The summed E-state index contributed by atoms with van der Waals surface area (Å²) in [6, 6.07) is 6.77. The fourth-order valence-corrected chi connectivity index (χ4v) is 3.71. The number of halogens is 1. The Labute approximate surface area is 140 Å². The van der Waals surface area contributed by atoms with Crippen LogP contribution in [-0.4, -0.2) is 58.7 Å². The molecule has 2 heterocycles. The first-order valence-electron chi connectivity index (χ1n) is 7.94. The molecule has 3 rings (SSSR count). The second kappa shape index (κ2) is 7.49. The van der Waals surface area contributed by atoms with Crippen LogP contribution in [0.1, 0.15) is 12.6 Å². The Morgan fingerprint density at radius 2 is 1.91 bits per heavy atom. The van der Waals surface area contributed by atoms with Crippen molar-refractivity contribution in [2.24, 2.45) is 0 Å². The highest BCUT2D eigenvalue weighted by molar-refractivity contribution is 7.13. The van der Waals surface area contributed by atoms with Crippen molar-refractivity contribution in [3.63, 3.8) is 0 Å². The van der Waals surface area contributed by atoms with Crippen molar-refractivity contribution in [2.75, 3.05) is 32.7 Å². The summed E-state index contributed by atoms with van der Waals surface area (Å²) in [7, 11) is 0. The average molecular weight is 335 g/mol. The first-order chi connectivity index (χ1) is 11.1. The van der Waals surface area contributed by atoms with Crippen LogP contribution in [-0.2, 0) is 6.54 Å². The molecular formula is C17H22FN3OS. The Morgan fingerprint density at radius 3 is 2.61 bits per heavy atom. The van der Waals surface area contributed by atoms with E-state index in [2.05, 4.69) is 14.8 Å². The first-order valence-corrected chi connectivity index (χ1v) is 8.82. The fraction of sp³-hybridized carbons (Fsp3) is 0.471. The van der Waals surface area contributed by atoms with Gasteiger partial charge in [-0.3, -0.25) is 9.80 Å². The maximum atomic E-state index is 13.8. The van der Waals surface area contributed by atoms with Crippen LogP contribution in [0.5, 0.6) is 0 Å². The number of hydrogen-bond donors (Lipinski definition) is 1. The highest BCUT2D eigenvalue weighted by Crippen LogP contribution is 2.26. The molecule has 1 aromatic heterocycles. The predicted molar refractivity (Wildman–Crippen MR) is 90.9 cm³/mol. The van der Waals surface area contributed by atoms with E-state index in [9.17, 15) is 9.50 Å². The third-order valence-electron chi connectivity index (χ3n) is 4.03. The zero-order valence-corrected chi connectivity index (χ0v) is 14.1. The molecule has 1 aliphatic rings. The van der Waals surface area contributed by atoms with Crippen LogP contribution >= 0.6 is 11.3 Å². The quantitative estimate of drug-likeness (QED) is 0.911. The molecule has 0 spiro atoms. The van der Waals surface area contributed by atoms with Gasteiger partial charge in [-0.15, -0.1) is 11.3 Å². The van der Waals surface area contributed by atoms with E-state index in [0.29, 0.717) is 5.56 Å². The number of benzene rings is 1. The summed E-state index contributed by atoms with van der Waals surface area (Å²) in [5, 5.41) is 12.2. The molecule has 1 aromatic carbocycles. The first kappa shape index (κ1) is 16.5. The van der Waals surface area contributed by atoms with Gasteiger partial charge in [-0.1, -0.05) is 12.1 Å². The Morgan fingerprint density at radius 1 is 1.22 bits per heavy atom. The maximum absolute atomic E-state index is 13.8. The maximum Gasteiger partial charge on any atom is 0.133 e. The van der Waals surface area contributed by atoms with E-state index in [1.807, 2.05) is 18.4 Å². The molecule has 0 amide bonds. The van der Waals surface area contributed by atoms with Crippen LogP contribution in [0.25, 0.3) is 10.6 Å². The summed E-state index contributed by atoms with van der Waals surface area (Å²) in [6.07, 6.45) is -0.275. The monoisotopic (exact) mass is 335 g/mol. The minimum atomic E-state index is -0.275. The Kier molecular flexibility index (Phi) is 5.38. The molecule has 0 saturated carbocycles. The number of aliphatic hydroxyl groups is 1. The molecule has 6 heteroatoms. The lowest BCUT2D eigenvalue weighted by Crippen LogP contribution is -2.47. The molecule has 0 unspecified atom stereocenters. The number of aromatic nitrogens is 1. The van der Waals surface area contributed by atoms with E-state index in [1.165, 1.54) is 17.4 Å². The molecule has 1 saturated heterocycles. The minimum absolute atomic E-state index is 0.222. The molecule has 1 N–H and O–H groups in total. The zero-order valence-electron chi connectivity index (χ0n) is 13.3. The summed E-state index contributed by atoms with van der Waals surface area (Å²) in [5.41, 5.74) is 1.57. The van der Waals surface area contributed by atoms with Crippen molar-refractivity contribution in [3.05, 3.63) is 41.2 Å². The molecule has 1 atom stereocenters. The second-order valence-corrected chi connectivity index (χ2v) is 6.91. The summed E-state index contributed by atoms with van der Waals surface area (Å²) in [5.74, 6) is -0.222. The molecular weight excluding hydrogens is 313 g/mol. The van der Waals surface area contributed by atoms with Crippen molar-refractivity contribution in [2.45, 2.75) is 19.6 Å². The number of rotatable bonds is 5. The third-order valence-corrected chi connectivity index (χ3v) is 4.95. The van der Waals surface area contributed by atoms with Gasteiger partial charge >= 0.3 is 0 Å². The van der Waals surface area contributed by atoms with Gasteiger partial charge in [-0.25, -0.2) is 9.37 Å². The summed E-state index contributed by atoms with van der Waals surface area (Å²) < 4.78 is 13.8. The van der Waals surface area contributed by atoms with Crippen LogP contribution < -0.4 is 0 Å². The summed E-state index contributed by atoms with van der Waals surface area (Å²) in [4.78, 5) is 9.23. The number of piperazine rings is 1. The van der Waals surface area contributed by atoms with Gasteiger partial charge in [0.2, 0.25) is 0 Å². The SMILES string of the molecule is C[C@H](O)CN1CCN(Cc2csc(-c3ccccc3F)n2)CC1. The molecule has 2 aromatic rings. The molecule has 0 aliphatic carbocycles. The third kappa shape index (κ3) is 4.35. The minimum Gasteiger partial charge on any atom is -0.392 e. The van der Waals surface area contributed by atoms with E-state index < -0.39 is 0 Å². The lowest BCUT2D eigenvalue weighted by atomic mass is 10.2. The van der Waals surface area contributed by atoms with Crippen LogP contribution in [0.15, 0.2) is 29.6 Å². The van der Waals surface area contributed by atoms with E-state index in [1.54, 1.807) is 12.1 Å². The van der Waals surface area contributed by atoms with Crippen molar-refractivity contribution < 1.29 is 9.50 Å². The van der Waals surface area contributed by atoms with Crippen molar-refractivity contribution in [3.8, 4) is 10.6 Å². The standard InChI is InChI=1S/C17H22FN3OS/c1-13(22)10-20-6-8-21(9-7-20)11-14-12-23-17(19-14)15-4-2-3-5-16(15)18/h2-5,12-13,22H,6-11H2,1H3/t13-/m0/s1. The largest absolute Gasteiger partial charge is 0.392 e. The molecule has 0 bridgehead atoms. The van der Waals surface area contributed by atoms with E-state index in [-0.39, 0.29) is 11.9 Å². The van der Waals surface area contributed by atoms with E-state index in [4.69, 9.17) is 0 Å². The van der Waals surface area contributed by atoms with Crippen LogP contribution in [0.3, 0.4) is 0 Å². The van der Waals surface area contributed by atoms with Crippen molar-refractivity contribution in [1.29, 1.82) is 0 Å². The fourth-order valence-electron chi connectivity index (χ4n) is 2.87. The highest BCUT2D eigenvalue weighted by Gasteiger charge is 2.19. The van der Waals surface area contributed by atoms with Gasteiger partial charge in [0.15, 0.2) is 0 Å². The lowest BCUT2D eigenvalue weighted by molar-refractivity contribution is 0.0777. The Bertz CT molecular complexity index is 638. The Balaban J connectivity index is 1.57. The molecule has 124 valence electrons. The molecule has 0 radical (unpaired) electrons. The van der Waals surface area contributed by atoms with Crippen LogP contribution in [0.4, 0.5) is 4.39 Å². The predicted octanol–water partition coefficient (Wildman–Crippen LogP) is 2.45. The van der Waals surface area contributed by atoms with E-state index >= 15 is 0 Å². The normalized spacial score (nSPS) is 18.2. The summed E-state index contributed by atoms with van der Waals surface area (Å²) >= 11 is 1.49. The average Bonchev–Trinajstić information content (AvgIpc) is 2.97. The number of aliphatic hydroxyl groups excluding tert-OH is 1. The number of thiazole rings is 1. The topological polar surface area (TPSA) is 39.6 Å². The van der Waals surface area contributed by atoms with E-state index in [0.717, 1.165) is 50.0 Å². The van der Waals surface area contributed by atoms with Crippen molar-refractivity contribution >= 4 is 11.3 Å². The van der Waals surface area contributed by atoms with Gasteiger partial charge < -0.3 is 5.11 Å². The van der Waals surface area contributed by atoms with Gasteiger partial charge in [0.25, 0.3) is 0 Å². The van der Waals surface area contributed by atoms with Gasteiger partial charge in [-0.2, -0.15) is 0 Å². The van der Waals surface area contributed by atoms with Gasteiger partial charge in [-0.05, 0) is 19.1 Å². The molecule has 23 heavy (non-hydrogen) atoms. The smallest absolute Gasteiger partial charge is 0.133 e. The van der Waals surface area contributed by atoms with Crippen molar-refractivity contribution in [1.82, 2.24) is 14.8 Å². The van der Waals surface area contributed by atoms with Gasteiger partial charge in [0, 0.05) is 50.2 Å². The number of nitrogens with zero attached hydrogens (tertiary/aromatic N) is 3. The molecule has 4 nitrogen and oxygen atoms in total. The molecule has 1 aliphatic heterocycles. The van der Waals surface area contributed by atoms with Crippen LogP contribution in [0, 0.1) is 5.82 Å². The second-order valence-electron chi connectivity index (χ2n) is 6.05. The molecule has 1 fully saturated rings. The number of β-amino-alcohol motifs (C(OH)–C–C–N with tert-alkyl or cyclic N) is 1. The lowest BCUT2D eigenvalue weighted by Gasteiger charge is -2.34. The zero-order chi connectivity index (χ0) is 16.2. The van der Waals surface area contributed by atoms with Gasteiger partial charge in [0.1, 0.15) is 10.8 Å². The van der Waals surface area contributed by atoms with Crippen LogP contribution in [0.2, 0.25) is 0 Å².